The molecule has 0 heterocycles. The van der Waals surface area contributed by atoms with Crippen LogP contribution in [0.15, 0.2) is 0 Å². The minimum Gasteiger partial charge on any atom is -0.520 e. The summed E-state index contributed by atoms with van der Waals surface area (Å²) in [5, 5.41) is 0. The van der Waals surface area contributed by atoms with Crippen LogP contribution in [-0.2, 0) is 22.5 Å². The number of hydrogen-bond donors (Lipinski definition) is 0. The molecule has 0 N–H and O–H groups in total. The highest BCUT2D eigenvalue weighted by Crippen LogP contribution is 2.17. The molecule has 0 aliphatic carbocycles. The van der Waals surface area contributed by atoms with Crippen LogP contribution in [0.5, 0.6) is 0 Å². The third kappa shape index (κ3) is 6.94. The average Bonchev–Trinajstić information content (AvgIpc) is 2.22. The van der Waals surface area contributed by atoms with Gasteiger partial charge in [0.1, 0.15) is 0 Å². The number of hydrogen-bond acceptors (Lipinski definition) is 5. The van der Waals surface area contributed by atoms with E-state index in [1.54, 1.807) is 21.3 Å². The maximum Gasteiger partial charge on any atom is 0.500 e. The Morgan fingerprint density at radius 1 is 1.00 bits per heavy atom. The lowest BCUT2D eigenvalue weighted by atomic mass is 10.3. The van der Waals surface area contributed by atoms with Crippen molar-refractivity contribution in [2.24, 2.45) is 0 Å². The first-order chi connectivity index (χ1) is 7.78. The van der Waals surface area contributed by atoms with Crippen molar-refractivity contribution in [2.45, 2.75) is 38.5 Å². The lowest BCUT2D eigenvalue weighted by Crippen LogP contribution is -2.42. The predicted molar refractivity (Wildman–Crippen MR) is 70.3 cm³/mol. The van der Waals surface area contributed by atoms with Crippen LogP contribution in [0.4, 0.5) is 0 Å². The van der Waals surface area contributed by atoms with Crippen LogP contribution in [0.1, 0.15) is 12.8 Å². The van der Waals surface area contributed by atoms with E-state index in [2.05, 4.69) is 0 Å². The predicted octanol–water partition coefficient (Wildman–Crippen LogP) is 2.02. The zero-order chi connectivity index (χ0) is 13.5. The zero-order valence-corrected chi connectivity index (χ0v) is 13.7. The summed E-state index contributed by atoms with van der Waals surface area (Å²) in [4.78, 5) is 11.5. The van der Waals surface area contributed by atoms with Crippen molar-refractivity contribution < 1.29 is 22.5 Å². The molecule has 0 aromatic carbocycles. The van der Waals surface area contributed by atoms with Crippen molar-refractivity contribution in [3.63, 3.8) is 0 Å². The van der Waals surface area contributed by atoms with Gasteiger partial charge in [-0.3, -0.25) is 4.79 Å². The molecule has 5 nitrogen and oxygen atoms in total. The molecule has 0 radical (unpaired) electrons. The second-order valence-corrected chi connectivity index (χ2v) is 12.3. The van der Waals surface area contributed by atoms with E-state index < -0.39 is 17.1 Å². The highest BCUT2D eigenvalue weighted by molar-refractivity contribution is 6.71. The first kappa shape index (κ1) is 16.8. The zero-order valence-electron chi connectivity index (χ0n) is 11.7. The van der Waals surface area contributed by atoms with Gasteiger partial charge in [0.05, 0.1) is 0 Å². The molecule has 0 saturated carbocycles. The Bertz CT molecular complexity index is 227. The van der Waals surface area contributed by atoms with E-state index in [9.17, 15) is 4.79 Å². The summed E-state index contributed by atoms with van der Waals surface area (Å²) in [7, 11) is 0.395. The molecule has 0 fully saturated rings. The monoisotopic (exact) mass is 280 g/mol. The van der Waals surface area contributed by atoms with Crippen LogP contribution in [0.25, 0.3) is 0 Å². The van der Waals surface area contributed by atoms with Gasteiger partial charge < -0.3 is 17.7 Å². The van der Waals surface area contributed by atoms with Crippen LogP contribution in [0, 0.1) is 0 Å². The van der Waals surface area contributed by atoms with Crippen LogP contribution in [-0.4, -0.2) is 44.4 Å². The molecule has 0 aliphatic rings. The molecule has 0 saturated heterocycles. The lowest BCUT2D eigenvalue weighted by molar-refractivity contribution is -0.135. The van der Waals surface area contributed by atoms with Crippen LogP contribution in [0.3, 0.4) is 0 Å². The molecule has 0 aliphatic heterocycles. The summed E-state index contributed by atoms with van der Waals surface area (Å²) < 4.78 is 21.2. The highest BCUT2D eigenvalue weighted by atomic mass is 28.4. The van der Waals surface area contributed by atoms with E-state index in [0.717, 1.165) is 0 Å². The molecule has 0 spiro atoms. The molecular formula is C10H24O5Si2. The molecule has 0 rings (SSSR count). The van der Waals surface area contributed by atoms with E-state index in [-0.39, 0.29) is 5.97 Å². The summed E-state index contributed by atoms with van der Waals surface area (Å²) in [6.45, 7) is 5.97. The molecular weight excluding hydrogens is 256 g/mol. The van der Waals surface area contributed by atoms with Crippen molar-refractivity contribution in [2.75, 3.05) is 21.3 Å². The second kappa shape index (κ2) is 7.27. The Hall–Kier alpha value is -0.216. The molecule has 0 bridgehead atoms. The lowest BCUT2D eigenvalue weighted by Gasteiger charge is -2.24. The summed E-state index contributed by atoms with van der Waals surface area (Å²) in [5.41, 5.74) is 0. The molecule has 102 valence electrons. The SMILES string of the molecule is CO[Si](CCCC(=O)O[Si](C)(C)C)(OC)OC. The molecule has 0 unspecified atom stereocenters. The second-order valence-electron chi connectivity index (χ2n) is 4.74. The number of rotatable bonds is 8. The molecule has 0 atom stereocenters. The Kier molecular flexibility index (Phi) is 7.18. The van der Waals surface area contributed by atoms with Crippen molar-refractivity contribution >= 4 is 23.1 Å². The quantitative estimate of drug-likeness (QED) is 0.637. The highest BCUT2D eigenvalue weighted by Gasteiger charge is 2.37. The van der Waals surface area contributed by atoms with Crippen LogP contribution in [0.2, 0.25) is 25.7 Å². The van der Waals surface area contributed by atoms with Gasteiger partial charge in [0, 0.05) is 33.8 Å². The number of carbonyl (C=O) groups excluding carboxylic acids is 1. The van der Waals surface area contributed by atoms with Crippen molar-refractivity contribution in [1.29, 1.82) is 0 Å². The molecule has 0 aromatic rings. The van der Waals surface area contributed by atoms with Gasteiger partial charge in [0.15, 0.2) is 0 Å². The molecule has 17 heavy (non-hydrogen) atoms. The fraction of sp³-hybridized carbons (Fsp3) is 0.900. The van der Waals surface area contributed by atoms with E-state index in [1.165, 1.54) is 0 Å². The minimum absolute atomic E-state index is 0.143. The first-order valence-corrected chi connectivity index (χ1v) is 11.0. The van der Waals surface area contributed by atoms with Gasteiger partial charge in [-0.15, -0.1) is 0 Å². The van der Waals surface area contributed by atoms with E-state index >= 15 is 0 Å². The van der Waals surface area contributed by atoms with Gasteiger partial charge in [0.2, 0.25) is 8.32 Å². The summed E-state index contributed by atoms with van der Waals surface area (Å²) in [5.74, 6) is -0.143. The first-order valence-electron chi connectivity index (χ1n) is 5.66. The van der Waals surface area contributed by atoms with Crippen LogP contribution < -0.4 is 0 Å². The maximum absolute atomic E-state index is 11.5. The average molecular weight is 280 g/mol. The topological polar surface area (TPSA) is 54.0 Å². The maximum atomic E-state index is 11.5. The van der Waals surface area contributed by atoms with Crippen molar-refractivity contribution in [3.05, 3.63) is 0 Å². The summed E-state index contributed by atoms with van der Waals surface area (Å²) in [6, 6.07) is 0.622. The molecule has 0 aromatic heterocycles. The van der Waals surface area contributed by atoms with E-state index in [1.807, 2.05) is 19.6 Å². The van der Waals surface area contributed by atoms with E-state index in [4.69, 9.17) is 17.7 Å². The minimum atomic E-state index is -2.54. The molecule has 0 amide bonds. The van der Waals surface area contributed by atoms with Gasteiger partial charge in [-0.1, -0.05) is 0 Å². The van der Waals surface area contributed by atoms with Gasteiger partial charge >= 0.3 is 8.80 Å². The Morgan fingerprint density at radius 3 is 1.82 bits per heavy atom. The third-order valence-electron chi connectivity index (χ3n) is 2.22. The van der Waals surface area contributed by atoms with Gasteiger partial charge in [-0.25, -0.2) is 0 Å². The Labute approximate surface area is 106 Å². The van der Waals surface area contributed by atoms with E-state index in [0.29, 0.717) is 18.9 Å². The normalized spacial score (nSPS) is 12.6. The standard InChI is InChI=1S/C10H24O5Si2/c1-12-17(13-2,14-3)9-7-8-10(11)15-16(4,5)6/h7-9H2,1-6H3. The summed E-state index contributed by atoms with van der Waals surface area (Å²) >= 11 is 0. The van der Waals surface area contributed by atoms with Crippen molar-refractivity contribution in [3.8, 4) is 0 Å². The fourth-order valence-electron chi connectivity index (χ4n) is 1.40. The van der Waals surface area contributed by atoms with Gasteiger partial charge in [0.25, 0.3) is 5.97 Å². The fourth-order valence-corrected chi connectivity index (χ4v) is 3.91. The van der Waals surface area contributed by atoms with Gasteiger partial charge in [-0.2, -0.15) is 0 Å². The van der Waals surface area contributed by atoms with Crippen LogP contribution >= 0.6 is 0 Å². The Balaban J connectivity index is 4.01. The molecule has 7 heteroatoms. The summed E-state index contributed by atoms with van der Waals surface area (Å²) in [6.07, 6.45) is 1.04. The number of carbonyl (C=O) groups is 1. The largest absolute Gasteiger partial charge is 0.520 e. The van der Waals surface area contributed by atoms with Gasteiger partial charge in [-0.05, 0) is 26.1 Å². The van der Waals surface area contributed by atoms with Crippen molar-refractivity contribution in [1.82, 2.24) is 0 Å². The third-order valence-corrected chi connectivity index (χ3v) is 5.89. The Morgan fingerprint density at radius 2 is 1.47 bits per heavy atom. The smallest absolute Gasteiger partial charge is 0.500 e.